The van der Waals surface area contributed by atoms with Gasteiger partial charge in [0.25, 0.3) is 5.91 Å². The molecule has 0 spiro atoms. The average Bonchev–Trinajstić information content (AvgIpc) is 2.63. The Labute approximate surface area is 144 Å². The van der Waals surface area contributed by atoms with Crippen molar-refractivity contribution >= 4 is 17.6 Å². The fourth-order valence-corrected chi connectivity index (χ4v) is 2.47. The van der Waals surface area contributed by atoms with Gasteiger partial charge < -0.3 is 15.5 Å². The van der Waals surface area contributed by atoms with Gasteiger partial charge in [-0.2, -0.15) is 0 Å². The van der Waals surface area contributed by atoms with Crippen molar-refractivity contribution in [2.24, 2.45) is 0 Å². The lowest BCUT2D eigenvalue weighted by Crippen LogP contribution is -2.12. The number of carboxylic acids is 1. The Morgan fingerprint density at radius 2 is 1.48 bits per heavy atom. The second-order valence-corrected chi connectivity index (χ2v) is 5.40. The smallest absolute Gasteiger partial charge is 0.335 e. The lowest BCUT2D eigenvalue weighted by molar-refractivity contribution is 0.0696. The number of amides is 1. The van der Waals surface area contributed by atoms with Crippen LogP contribution in [0.5, 0.6) is 5.75 Å². The summed E-state index contributed by atoms with van der Waals surface area (Å²) in [5.41, 5.74) is 2.09. The van der Waals surface area contributed by atoms with Gasteiger partial charge >= 0.3 is 5.97 Å². The number of para-hydroxylation sites is 1. The molecule has 124 valence electrons. The van der Waals surface area contributed by atoms with Crippen molar-refractivity contribution in [1.29, 1.82) is 0 Å². The number of aromatic carboxylic acids is 1. The highest BCUT2D eigenvalue weighted by molar-refractivity contribution is 6.07. The summed E-state index contributed by atoms with van der Waals surface area (Å²) in [5, 5.41) is 22.0. The van der Waals surface area contributed by atoms with Crippen molar-refractivity contribution in [2.45, 2.75) is 0 Å². The third kappa shape index (κ3) is 3.50. The maximum absolute atomic E-state index is 12.4. The molecule has 5 heteroatoms. The van der Waals surface area contributed by atoms with E-state index in [9.17, 15) is 14.7 Å². The SMILES string of the molecule is O=C(O)c1ccc(NC(=O)c2cccc(-c3ccccc3)c2O)cc1. The molecular weight excluding hydrogens is 318 g/mol. The van der Waals surface area contributed by atoms with Crippen LogP contribution >= 0.6 is 0 Å². The molecule has 0 unspecified atom stereocenters. The van der Waals surface area contributed by atoms with Gasteiger partial charge in [-0.1, -0.05) is 42.5 Å². The maximum atomic E-state index is 12.4. The molecule has 0 saturated carbocycles. The minimum atomic E-state index is -1.04. The lowest BCUT2D eigenvalue weighted by atomic mass is 10.0. The van der Waals surface area contributed by atoms with Crippen molar-refractivity contribution in [1.82, 2.24) is 0 Å². The molecule has 25 heavy (non-hydrogen) atoms. The van der Waals surface area contributed by atoms with Crippen LogP contribution in [0.3, 0.4) is 0 Å². The first kappa shape index (κ1) is 16.3. The van der Waals surface area contributed by atoms with Crippen molar-refractivity contribution < 1.29 is 19.8 Å². The highest BCUT2D eigenvalue weighted by atomic mass is 16.4. The number of carbonyl (C=O) groups excluding carboxylic acids is 1. The highest BCUT2D eigenvalue weighted by Gasteiger charge is 2.15. The number of phenolic OH excluding ortho intramolecular Hbond substituents is 1. The van der Waals surface area contributed by atoms with Crippen LogP contribution in [-0.4, -0.2) is 22.1 Å². The Bertz CT molecular complexity index is 918. The van der Waals surface area contributed by atoms with Crippen molar-refractivity contribution in [3.8, 4) is 16.9 Å². The summed E-state index contributed by atoms with van der Waals surface area (Å²) < 4.78 is 0. The van der Waals surface area contributed by atoms with Gasteiger partial charge in [0.2, 0.25) is 0 Å². The largest absolute Gasteiger partial charge is 0.506 e. The van der Waals surface area contributed by atoms with Gasteiger partial charge in [-0.3, -0.25) is 4.79 Å². The lowest BCUT2D eigenvalue weighted by Gasteiger charge is -2.11. The molecule has 5 nitrogen and oxygen atoms in total. The van der Waals surface area contributed by atoms with Crippen LogP contribution in [0.15, 0.2) is 72.8 Å². The van der Waals surface area contributed by atoms with Crippen LogP contribution in [0.25, 0.3) is 11.1 Å². The van der Waals surface area contributed by atoms with Gasteiger partial charge in [0.05, 0.1) is 11.1 Å². The molecule has 0 saturated heterocycles. The monoisotopic (exact) mass is 333 g/mol. The first-order valence-electron chi connectivity index (χ1n) is 7.58. The van der Waals surface area contributed by atoms with Gasteiger partial charge in [-0.25, -0.2) is 4.79 Å². The molecule has 0 aliphatic carbocycles. The quantitative estimate of drug-likeness (QED) is 0.673. The van der Waals surface area contributed by atoms with Gasteiger partial charge in [-0.05, 0) is 35.9 Å². The first-order valence-corrected chi connectivity index (χ1v) is 7.58. The number of nitrogens with one attached hydrogen (secondary N) is 1. The molecule has 0 aromatic heterocycles. The Balaban J connectivity index is 1.86. The zero-order chi connectivity index (χ0) is 17.8. The van der Waals surface area contributed by atoms with E-state index < -0.39 is 11.9 Å². The summed E-state index contributed by atoms with van der Waals surface area (Å²) in [4.78, 5) is 23.3. The molecule has 3 aromatic carbocycles. The first-order chi connectivity index (χ1) is 12.1. The molecule has 3 N–H and O–H groups in total. The highest BCUT2D eigenvalue weighted by Crippen LogP contribution is 2.32. The summed E-state index contributed by atoms with van der Waals surface area (Å²) in [6, 6.07) is 20.0. The van der Waals surface area contributed by atoms with E-state index in [0.717, 1.165) is 5.56 Å². The zero-order valence-electron chi connectivity index (χ0n) is 13.1. The van der Waals surface area contributed by atoms with Crippen LogP contribution in [0.2, 0.25) is 0 Å². The van der Waals surface area contributed by atoms with Crippen LogP contribution in [-0.2, 0) is 0 Å². The second kappa shape index (κ2) is 6.88. The van der Waals surface area contributed by atoms with E-state index in [2.05, 4.69) is 5.32 Å². The van der Waals surface area contributed by atoms with E-state index >= 15 is 0 Å². The molecule has 1 amide bonds. The molecule has 3 rings (SSSR count). The van der Waals surface area contributed by atoms with E-state index in [0.29, 0.717) is 11.3 Å². The van der Waals surface area contributed by atoms with Crippen LogP contribution in [0, 0.1) is 0 Å². The van der Waals surface area contributed by atoms with Crippen molar-refractivity contribution in [3.05, 3.63) is 83.9 Å². The van der Waals surface area contributed by atoms with E-state index in [1.807, 2.05) is 30.3 Å². The molecule has 0 radical (unpaired) electrons. The average molecular weight is 333 g/mol. The number of carboxylic acid groups (broad SMARTS) is 1. The Morgan fingerprint density at radius 1 is 0.800 bits per heavy atom. The van der Waals surface area contributed by atoms with Gasteiger partial charge in [0.1, 0.15) is 5.75 Å². The summed E-state index contributed by atoms with van der Waals surface area (Å²) in [6.45, 7) is 0. The van der Waals surface area contributed by atoms with Crippen LogP contribution in [0.4, 0.5) is 5.69 Å². The minimum Gasteiger partial charge on any atom is -0.506 e. The third-order valence-corrected chi connectivity index (χ3v) is 3.76. The summed E-state index contributed by atoms with van der Waals surface area (Å²) in [7, 11) is 0. The molecule has 0 atom stereocenters. The number of hydrogen-bond acceptors (Lipinski definition) is 3. The predicted octanol–water partition coefficient (Wildman–Crippen LogP) is 4.01. The molecule has 0 bridgehead atoms. The van der Waals surface area contributed by atoms with E-state index in [1.165, 1.54) is 30.3 Å². The minimum absolute atomic E-state index is 0.103. The normalized spacial score (nSPS) is 10.2. The van der Waals surface area contributed by atoms with E-state index in [1.54, 1.807) is 12.1 Å². The Hall–Kier alpha value is -3.60. The van der Waals surface area contributed by atoms with Gasteiger partial charge in [0.15, 0.2) is 0 Å². The fourth-order valence-electron chi connectivity index (χ4n) is 2.47. The predicted molar refractivity (Wildman–Crippen MR) is 94.9 cm³/mol. The van der Waals surface area contributed by atoms with Crippen molar-refractivity contribution in [3.63, 3.8) is 0 Å². The number of aromatic hydroxyl groups is 1. The number of phenols is 1. The molecule has 0 aliphatic heterocycles. The van der Waals surface area contributed by atoms with E-state index in [-0.39, 0.29) is 16.9 Å². The standard InChI is InChI=1S/C20H15NO4/c22-18-16(13-5-2-1-3-6-13)7-4-8-17(18)19(23)21-15-11-9-14(10-12-15)20(24)25/h1-12,22H,(H,21,23)(H,24,25). The second-order valence-electron chi connectivity index (χ2n) is 5.40. The number of benzene rings is 3. The van der Waals surface area contributed by atoms with E-state index in [4.69, 9.17) is 5.11 Å². The molecular formula is C20H15NO4. The molecule has 0 fully saturated rings. The summed E-state index contributed by atoms with van der Waals surface area (Å²) in [5.74, 6) is -1.61. The Morgan fingerprint density at radius 3 is 2.12 bits per heavy atom. The number of rotatable bonds is 4. The molecule has 3 aromatic rings. The zero-order valence-corrected chi connectivity index (χ0v) is 13.1. The van der Waals surface area contributed by atoms with Crippen LogP contribution < -0.4 is 5.32 Å². The number of hydrogen-bond donors (Lipinski definition) is 3. The number of carbonyl (C=O) groups is 2. The van der Waals surface area contributed by atoms with Crippen LogP contribution in [0.1, 0.15) is 20.7 Å². The third-order valence-electron chi connectivity index (χ3n) is 3.76. The summed E-state index contributed by atoms with van der Waals surface area (Å²) >= 11 is 0. The topological polar surface area (TPSA) is 86.6 Å². The fraction of sp³-hybridized carbons (Fsp3) is 0. The maximum Gasteiger partial charge on any atom is 0.335 e. The number of anilines is 1. The van der Waals surface area contributed by atoms with Gasteiger partial charge in [0, 0.05) is 11.3 Å². The molecule has 0 aliphatic rings. The van der Waals surface area contributed by atoms with Gasteiger partial charge in [-0.15, -0.1) is 0 Å². The Kier molecular flexibility index (Phi) is 4.48. The summed E-state index contributed by atoms with van der Waals surface area (Å²) in [6.07, 6.45) is 0. The molecule has 0 heterocycles. The van der Waals surface area contributed by atoms with Crippen molar-refractivity contribution in [2.75, 3.05) is 5.32 Å².